The Morgan fingerprint density at radius 3 is 3.04 bits per heavy atom. The van der Waals surface area contributed by atoms with Crippen molar-refractivity contribution in [1.82, 2.24) is 35.2 Å². The number of nitrogens with one attached hydrogen (secondary N) is 2. The molecule has 4 rings (SSSR count). The molecule has 3 heterocycles. The second kappa shape index (κ2) is 7.37. The van der Waals surface area contributed by atoms with Crippen LogP contribution in [0, 0.1) is 5.82 Å². The quantitative estimate of drug-likeness (QED) is 0.689. The number of amides is 2. The minimum Gasteiger partial charge on any atom is -0.350 e. The SMILES string of the molecule is CCn1ncc(C(=O)N2CCC[C@@H]2CNC(=O)c2cc(F)cc3[nH]cnc23)n1. The molecule has 2 aromatic heterocycles. The second-order valence-corrected chi connectivity index (χ2v) is 6.68. The lowest BCUT2D eigenvalue weighted by Gasteiger charge is -2.24. The fourth-order valence-electron chi connectivity index (χ4n) is 3.50. The van der Waals surface area contributed by atoms with E-state index in [4.69, 9.17) is 0 Å². The van der Waals surface area contributed by atoms with Gasteiger partial charge in [-0.15, -0.1) is 5.10 Å². The molecule has 9 nitrogen and oxygen atoms in total. The number of aromatic amines is 1. The maximum absolute atomic E-state index is 13.8. The van der Waals surface area contributed by atoms with E-state index in [0.717, 1.165) is 12.8 Å². The Kier molecular flexibility index (Phi) is 4.76. The fourth-order valence-corrected chi connectivity index (χ4v) is 3.50. The lowest BCUT2D eigenvalue weighted by atomic mass is 10.1. The Hall–Kier alpha value is -3.30. The number of hydrogen-bond acceptors (Lipinski definition) is 5. The fraction of sp³-hybridized carbons (Fsp3) is 0.389. The van der Waals surface area contributed by atoms with E-state index in [1.807, 2.05) is 6.92 Å². The highest BCUT2D eigenvalue weighted by molar-refractivity contribution is 6.04. The first-order valence-electron chi connectivity index (χ1n) is 9.18. The summed E-state index contributed by atoms with van der Waals surface area (Å²) >= 11 is 0. The molecule has 1 fully saturated rings. The molecule has 146 valence electrons. The highest BCUT2D eigenvalue weighted by Gasteiger charge is 2.31. The number of likely N-dealkylation sites (tertiary alicyclic amines) is 1. The number of imidazole rings is 1. The molecular formula is C18H20FN7O2. The van der Waals surface area contributed by atoms with Crippen LogP contribution in [0.15, 0.2) is 24.7 Å². The zero-order valence-corrected chi connectivity index (χ0v) is 15.4. The van der Waals surface area contributed by atoms with Gasteiger partial charge in [-0.05, 0) is 31.9 Å². The van der Waals surface area contributed by atoms with Gasteiger partial charge in [0.1, 0.15) is 11.3 Å². The molecule has 1 atom stereocenters. The van der Waals surface area contributed by atoms with Crippen molar-refractivity contribution >= 4 is 22.8 Å². The average Bonchev–Trinajstić information content (AvgIpc) is 3.44. The number of hydrogen-bond donors (Lipinski definition) is 2. The number of aromatic nitrogens is 5. The molecule has 1 aliphatic heterocycles. The van der Waals surface area contributed by atoms with Gasteiger partial charge in [0.25, 0.3) is 11.8 Å². The highest BCUT2D eigenvalue weighted by Crippen LogP contribution is 2.20. The molecule has 2 amide bonds. The van der Waals surface area contributed by atoms with Crippen molar-refractivity contribution in [3.8, 4) is 0 Å². The smallest absolute Gasteiger partial charge is 0.276 e. The predicted molar refractivity (Wildman–Crippen MR) is 98.1 cm³/mol. The Morgan fingerprint density at radius 1 is 1.39 bits per heavy atom. The monoisotopic (exact) mass is 385 g/mol. The highest BCUT2D eigenvalue weighted by atomic mass is 19.1. The Bertz CT molecular complexity index is 1030. The van der Waals surface area contributed by atoms with Crippen molar-refractivity contribution in [3.05, 3.63) is 41.7 Å². The van der Waals surface area contributed by atoms with E-state index in [1.165, 1.54) is 29.5 Å². The molecule has 28 heavy (non-hydrogen) atoms. The summed E-state index contributed by atoms with van der Waals surface area (Å²) in [5, 5.41) is 11.0. The molecule has 0 aliphatic carbocycles. The van der Waals surface area contributed by atoms with Crippen LogP contribution in [0.5, 0.6) is 0 Å². The van der Waals surface area contributed by atoms with Gasteiger partial charge in [0.2, 0.25) is 0 Å². The van der Waals surface area contributed by atoms with Gasteiger partial charge in [0.15, 0.2) is 5.69 Å². The van der Waals surface area contributed by atoms with E-state index in [9.17, 15) is 14.0 Å². The van der Waals surface area contributed by atoms with Crippen LogP contribution in [0.4, 0.5) is 4.39 Å². The van der Waals surface area contributed by atoms with Gasteiger partial charge in [-0.1, -0.05) is 0 Å². The third kappa shape index (κ3) is 3.32. The summed E-state index contributed by atoms with van der Waals surface area (Å²) in [6.45, 7) is 3.35. The molecule has 0 bridgehead atoms. The Morgan fingerprint density at radius 2 is 2.25 bits per heavy atom. The lowest BCUT2D eigenvalue weighted by molar-refractivity contribution is 0.0718. The van der Waals surface area contributed by atoms with E-state index < -0.39 is 11.7 Å². The standard InChI is InChI=1S/C18H20FN7O2/c1-2-26-23-9-15(24-26)18(28)25-5-3-4-12(25)8-20-17(27)13-6-11(19)7-14-16(13)22-10-21-14/h6-7,9-10,12H,2-5,8H2,1H3,(H,20,27)(H,21,22)/t12-/m1/s1. The zero-order chi connectivity index (χ0) is 19.7. The number of benzene rings is 1. The first-order chi connectivity index (χ1) is 13.6. The molecule has 3 aromatic rings. The van der Waals surface area contributed by atoms with E-state index in [-0.39, 0.29) is 24.1 Å². The number of rotatable bonds is 5. The van der Waals surface area contributed by atoms with Crippen molar-refractivity contribution in [2.24, 2.45) is 0 Å². The largest absolute Gasteiger partial charge is 0.350 e. The molecule has 0 saturated carbocycles. The summed E-state index contributed by atoms with van der Waals surface area (Å²) in [6, 6.07) is 2.31. The third-order valence-electron chi connectivity index (χ3n) is 4.91. The van der Waals surface area contributed by atoms with Gasteiger partial charge in [-0.25, -0.2) is 9.37 Å². The molecule has 10 heteroatoms. The van der Waals surface area contributed by atoms with Crippen LogP contribution < -0.4 is 5.32 Å². The van der Waals surface area contributed by atoms with Gasteiger partial charge in [0, 0.05) is 19.1 Å². The minimum absolute atomic E-state index is 0.147. The Balaban J connectivity index is 1.45. The second-order valence-electron chi connectivity index (χ2n) is 6.68. The van der Waals surface area contributed by atoms with Crippen LogP contribution in [0.25, 0.3) is 11.0 Å². The van der Waals surface area contributed by atoms with Crippen LogP contribution in [0.1, 0.15) is 40.6 Å². The maximum Gasteiger partial charge on any atom is 0.276 e. The molecule has 2 N–H and O–H groups in total. The van der Waals surface area contributed by atoms with Gasteiger partial charge in [0.05, 0.1) is 30.1 Å². The van der Waals surface area contributed by atoms with Gasteiger partial charge in [-0.2, -0.15) is 9.90 Å². The summed E-state index contributed by atoms with van der Waals surface area (Å²) in [6.07, 6.45) is 4.50. The lowest BCUT2D eigenvalue weighted by Crippen LogP contribution is -2.43. The van der Waals surface area contributed by atoms with Crippen LogP contribution in [-0.2, 0) is 6.54 Å². The van der Waals surface area contributed by atoms with Crippen molar-refractivity contribution in [2.75, 3.05) is 13.1 Å². The number of carbonyl (C=O) groups is 2. The predicted octanol–water partition coefficient (Wildman–Crippen LogP) is 1.35. The van der Waals surface area contributed by atoms with Crippen molar-refractivity contribution < 1.29 is 14.0 Å². The summed E-state index contributed by atoms with van der Waals surface area (Å²) in [5.41, 5.74) is 1.33. The molecule has 1 aromatic carbocycles. The first-order valence-corrected chi connectivity index (χ1v) is 9.18. The number of H-pyrrole nitrogens is 1. The average molecular weight is 385 g/mol. The number of carbonyl (C=O) groups excluding carboxylic acids is 2. The number of aryl methyl sites for hydroxylation is 1. The normalized spacial score (nSPS) is 16.6. The first kappa shape index (κ1) is 18.1. The van der Waals surface area contributed by atoms with Gasteiger partial charge < -0.3 is 15.2 Å². The van der Waals surface area contributed by atoms with Crippen molar-refractivity contribution in [1.29, 1.82) is 0 Å². The van der Waals surface area contributed by atoms with Gasteiger partial charge in [-0.3, -0.25) is 9.59 Å². The topological polar surface area (TPSA) is 109 Å². The van der Waals surface area contributed by atoms with Crippen LogP contribution in [0.2, 0.25) is 0 Å². The molecule has 1 aliphatic rings. The van der Waals surface area contributed by atoms with E-state index in [1.54, 1.807) is 4.90 Å². The van der Waals surface area contributed by atoms with E-state index in [2.05, 4.69) is 25.5 Å². The molecule has 0 unspecified atom stereocenters. The zero-order valence-electron chi connectivity index (χ0n) is 15.4. The molecular weight excluding hydrogens is 365 g/mol. The molecule has 0 spiro atoms. The number of halogens is 1. The Labute approximate surface area is 159 Å². The van der Waals surface area contributed by atoms with Crippen LogP contribution in [0.3, 0.4) is 0 Å². The van der Waals surface area contributed by atoms with Crippen LogP contribution >= 0.6 is 0 Å². The van der Waals surface area contributed by atoms with Crippen molar-refractivity contribution in [2.45, 2.75) is 32.4 Å². The van der Waals surface area contributed by atoms with E-state index in [0.29, 0.717) is 29.8 Å². The molecule has 0 radical (unpaired) electrons. The summed E-state index contributed by atoms with van der Waals surface area (Å²) in [5.74, 6) is -1.14. The maximum atomic E-state index is 13.8. The van der Waals surface area contributed by atoms with E-state index >= 15 is 0 Å². The van der Waals surface area contributed by atoms with Crippen LogP contribution in [-0.4, -0.2) is 60.8 Å². The third-order valence-corrected chi connectivity index (χ3v) is 4.91. The summed E-state index contributed by atoms with van der Waals surface area (Å²) in [7, 11) is 0. The number of fused-ring (bicyclic) bond motifs is 1. The summed E-state index contributed by atoms with van der Waals surface area (Å²) < 4.78 is 13.8. The van der Waals surface area contributed by atoms with Gasteiger partial charge >= 0.3 is 0 Å². The minimum atomic E-state index is -0.515. The summed E-state index contributed by atoms with van der Waals surface area (Å²) in [4.78, 5) is 35.4. The number of nitrogens with zero attached hydrogens (tertiary/aromatic N) is 5. The molecule has 1 saturated heterocycles. The van der Waals surface area contributed by atoms with Crippen molar-refractivity contribution in [3.63, 3.8) is 0 Å².